The summed E-state index contributed by atoms with van der Waals surface area (Å²) in [5.41, 5.74) is 0. The van der Waals surface area contributed by atoms with E-state index in [4.69, 9.17) is 4.74 Å². The molecule has 74 valence electrons. The fourth-order valence-corrected chi connectivity index (χ4v) is 0.337. The van der Waals surface area contributed by atoms with Gasteiger partial charge in [0.15, 0.2) is 0 Å². The molecule has 3 nitrogen and oxygen atoms in total. The van der Waals surface area contributed by atoms with E-state index in [1.54, 1.807) is 6.92 Å². The summed E-state index contributed by atoms with van der Waals surface area (Å²) in [5.74, 6) is 0.558. The highest BCUT2D eigenvalue weighted by atomic mass is 16.5. The number of nitrogens with zero attached hydrogens (tertiary/aromatic N) is 2. The minimum atomic E-state index is 0.558. The molecule has 0 N–H and O–H groups in total. The van der Waals surface area contributed by atoms with Crippen molar-refractivity contribution in [2.75, 3.05) is 6.61 Å². The lowest BCUT2D eigenvalue weighted by molar-refractivity contribution is 0.323. The molecule has 0 aliphatic rings. The van der Waals surface area contributed by atoms with Crippen LogP contribution in [-0.4, -0.2) is 19.2 Å². The van der Waals surface area contributed by atoms with Gasteiger partial charge >= 0.3 is 0 Å². The van der Waals surface area contributed by atoms with Crippen LogP contribution in [0.2, 0.25) is 0 Å². The Morgan fingerprint density at radius 1 is 1.25 bits per heavy atom. The number of hydrogen-bond acceptors (Lipinski definition) is 3. The van der Waals surface area contributed by atoms with E-state index in [-0.39, 0.29) is 0 Å². The van der Waals surface area contributed by atoms with Gasteiger partial charge in [0.2, 0.25) is 5.90 Å². The predicted octanol–water partition coefficient (Wildman–Crippen LogP) is 3.11. The Balaban J connectivity index is -0.000000175. The van der Waals surface area contributed by atoms with E-state index >= 15 is 0 Å². The van der Waals surface area contributed by atoms with E-state index < -0.39 is 0 Å². The molecule has 0 atom stereocenters. The van der Waals surface area contributed by atoms with Crippen LogP contribution >= 0.6 is 0 Å². The molecule has 0 aromatic heterocycles. The average Bonchev–Trinajstić information content (AvgIpc) is 2.12. The van der Waals surface area contributed by atoms with Gasteiger partial charge in [-0.1, -0.05) is 27.7 Å². The summed E-state index contributed by atoms with van der Waals surface area (Å²) in [6, 6.07) is 0. The van der Waals surface area contributed by atoms with E-state index in [1.807, 2.05) is 34.6 Å². The molecule has 0 aromatic rings. The quantitative estimate of drug-likeness (QED) is 0.360. The summed E-state index contributed by atoms with van der Waals surface area (Å²) >= 11 is 0. The monoisotopic (exact) mass is 174 g/mol. The minimum absolute atomic E-state index is 0.558. The van der Waals surface area contributed by atoms with E-state index in [1.165, 1.54) is 0 Å². The molecule has 12 heavy (non-hydrogen) atoms. The van der Waals surface area contributed by atoms with Crippen LogP contribution in [0, 0.1) is 0 Å². The molecule has 0 aromatic carbocycles. The van der Waals surface area contributed by atoms with Crippen LogP contribution in [0.25, 0.3) is 0 Å². The fraction of sp³-hybridized carbons (Fsp3) is 0.778. The van der Waals surface area contributed by atoms with Crippen LogP contribution in [0.15, 0.2) is 10.2 Å². The van der Waals surface area contributed by atoms with Gasteiger partial charge < -0.3 is 4.74 Å². The maximum absolute atomic E-state index is 4.90. The van der Waals surface area contributed by atoms with E-state index in [2.05, 4.69) is 16.9 Å². The van der Waals surface area contributed by atoms with Crippen LogP contribution in [0.3, 0.4) is 0 Å². The summed E-state index contributed by atoms with van der Waals surface area (Å²) in [6.07, 6.45) is 0. The number of rotatable bonds is 2. The van der Waals surface area contributed by atoms with Crippen molar-refractivity contribution in [2.24, 2.45) is 10.2 Å². The predicted molar refractivity (Wildman–Crippen MR) is 57.0 cm³/mol. The van der Waals surface area contributed by atoms with Gasteiger partial charge in [0.05, 0.1) is 6.61 Å². The smallest absolute Gasteiger partial charge is 0.205 e. The highest BCUT2D eigenvalue weighted by Gasteiger charge is 1.82. The van der Waals surface area contributed by atoms with Crippen molar-refractivity contribution in [1.82, 2.24) is 0 Å². The van der Waals surface area contributed by atoms with Gasteiger partial charge in [0.25, 0.3) is 0 Å². The normalized spacial score (nSPS) is 8.33. The Hall–Kier alpha value is -0.860. The first-order valence-corrected chi connectivity index (χ1v) is 4.44. The van der Waals surface area contributed by atoms with Gasteiger partial charge in [-0.3, -0.25) is 0 Å². The van der Waals surface area contributed by atoms with Gasteiger partial charge in [-0.15, -0.1) is 5.10 Å². The molecule has 0 radical (unpaired) electrons. The van der Waals surface area contributed by atoms with Gasteiger partial charge in [-0.25, -0.2) is 0 Å². The van der Waals surface area contributed by atoms with E-state index in [0.29, 0.717) is 12.5 Å². The van der Waals surface area contributed by atoms with Crippen molar-refractivity contribution < 1.29 is 4.74 Å². The Labute approximate surface area is 76.5 Å². The lowest BCUT2D eigenvalue weighted by Crippen LogP contribution is -1.96. The molecule has 0 rings (SSSR count). The van der Waals surface area contributed by atoms with Crippen molar-refractivity contribution in [3.05, 3.63) is 0 Å². The first kappa shape index (κ1) is 17.3. The first-order valence-electron chi connectivity index (χ1n) is 4.44. The van der Waals surface area contributed by atoms with Crippen molar-refractivity contribution in [1.29, 1.82) is 0 Å². The van der Waals surface area contributed by atoms with Crippen LogP contribution < -0.4 is 0 Å². The molecule has 0 saturated carbocycles. The first-order chi connectivity index (χ1) is 5.81. The van der Waals surface area contributed by atoms with E-state index in [9.17, 15) is 0 Å². The maximum Gasteiger partial charge on any atom is 0.205 e. The lowest BCUT2D eigenvalue weighted by atomic mass is 10.7. The SMILES string of the molecule is C=N/N=C(\C)OCC.CC.CC. The molecule has 0 aliphatic heterocycles. The van der Waals surface area contributed by atoms with Gasteiger partial charge in [-0.2, -0.15) is 5.10 Å². The largest absolute Gasteiger partial charge is 0.480 e. The molecular formula is C9H22N2O. The number of hydrogen-bond donors (Lipinski definition) is 0. The van der Waals surface area contributed by atoms with Gasteiger partial charge in [0.1, 0.15) is 0 Å². The highest BCUT2D eigenvalue weighted by Crippen LogP contribution is 1.79. The summed E-state index contributed by atoms with van der Waals surface area (Å²) in [5, 5.41) is 6.79. The molecule has 0 aliphatic carbocycles. The zero-order valence-electron chi connectivity index (χ0n) is 9.22. The average molecular weight is 174 g/mol. The summed E-state index contributed by atoms with van der Waals surface area (Å²) < 4.78 is 4.90. The van der Waals surface area contributed by atoms with Crippen LogP contribution in [0.4, 0.5) is 0 Å². The minimum Gasteiger partial charge on any atom is -0.480 e. The second-order valence-corrected chi connectivity index (χ2v) is 1.19. The van der Waals surface area contributed by atoms with E-state index in [0.717, 1.165) is 0 Å². The van der Waals surface area contributed by atoms with Crippen LogP contribution in [0.1, 0.15) is 41.5 Å². The molecule has 3 heteroatoms. The third kappa shape index (κ3) is 22.9. The maximum atomic E-state index is 4.90. The molecule has 0 bridgehead atoms. The summed E-state index contributed by atoms with van der Waals surface area (Å²) in [7, 11) is 0. The summed E-state index contributed by atoms with van der Waals surface area (Å²) in [4.78, 5) is 0. The summed E-state index contributed by atoms with van der Waals surface area (Å²) in [6.45, 7) is 15.4. The Morgan fingerprint density at radius 2 is 1.67 bits per heavy atom. The van der Waals surface area contributed by atoms with Gasteiger partial charge in [-0.05, 0) is 6.92 Å². The molecule has 0 amide bonds. The van der Waals surface area contributed by atoms with Crippen LogP contribution in [-0.2, 0) is 4.74 Å². The standard InChI is InChI=1S/C5H10N2O.2C2H6/c1-4-8-5(2)7-6-3;2*1-2/h3-4H2,1-2H3;2*1-2H3/b7-5+;;. The van der Waals surface area contributed by atoms with Gasteiger partial charge in [0, 0.05) is 13.6 Å². The van der Waals surface area contributed by atoms with Crippen molar-refractivity contribution in [3.63, 3.8) is 0 Å². The lowest BCUT2D eigenvalue weighted by Gasteiger charge is -1.95. The second-order valence-electron chi connectivity index (χ2n) is 1.19. The molecule has 0 saturated heterocycles. The molecule has 0 heterocycles. The van der Waals surface area contributed by atoms with Crippen molar-refractivity contribution in [2.45, 2.75) is 41.5 Å². The molecule has 0 fully saturated rings. The Bertz CT molecular complexity index is 101. The zero-order valence-corrected chi connectivity index (χ0v) is 9.22. The topological polar surface area (TPSA) is 34.0 Å². The van der Waals surface area contributed by atoms with Crippen molar-refractivity contribution in [3.8, 4) is 0 Å². The third-order valence-electron chi connectivity index (χ3n) is 0.565. The third-order valence-corrected chi connectivity index (χ3v) is 0.565. The van der Waals surface area contributed by atoms with Crippen molar-refractivity contribution >= 4 is 12.6 Å². The number of ether oxygens (including phenoxy) is 1. The fourth-order valence-electron chi connectivity index (χ4n) is 0.337. The Morgan fingerprint density at radius 3 is 1.92 bits per heavy atom. The second kappa shape index (κ2) is 22.5. The molecule has 0 spiro atoms. The highest BCUT2D eigenvalue weighted by molar-refractivity contribution is 5.73. The molecule has 0 unspecified atom stereocenters. The molecular weight excluding hydrogens is 152 g/mol. The Kier molecular flexibility index (Phi) is 32.4. The zero-order chi connectivity index (χ0) is 10.4. The van der Waals surface area contributed by atoms with Crippen LogP contribution in [0.5, 0.6) is 0 Å².